The first-order valence-corrected chi connectivity index (χ1v) is 8.94. The number of furan rings is 1. The summed E-state index contributed by atoms with van der Waals surface area (Å²) in [5, 5.41) is 7.62. The molecule has 1 N–H and O–H groups in total. The lowest BCUT2D eigenvalue weighted by molar-refractivity contribution is 0.0895. The summed E-state index contributed by atoms with van der Waals surface area (Å²) in [5.41, 5.74) is 0.680. The molecule has 0 aliphatic rings. The molecular weight excluding hydrogens is 391 g/mol. The highest BCUT2D eigenvalue weighted by atomic mass is 35.5. The predicted octanol–water partition coefficient (Wildman–Crippen LogP) is 3.59. The van der Waals surface area contributed by atoms with Crippen molar-refractivity contribution < 1.29 is 13.7 Å². The molecule has 0 fully saturated rings. The molecule has 27 heavy (non-hydrogen) atoms. The van der Waals surface area contributed by atoms with Crippen molar-refractivity contribution in [3.63, 3.8) is 0 Å². The van der Waals surface area contributed by atoms with Crippen molar-refractivity contribution >= 4 is 29.1 Å². The molecule has 0 saturated heterocycles. The number of hydrogen-bond acceptors (Lipinski definition) is 6. The lowest BCUT2D eigenvalue weighted by Crippen LogP contribution is -2.34. The van der Waals surface area contributed by atoms with Crippen molar-refractivity contribution in [2.45, 2.75) is 12.5 Å². The van der Waals surface area contributed by atoms with Crippen molar-refractivity contribution in [3.8, 4) is 0 Å². The van der Waals surface area contributed by atoms with Gasteiger partial charge in [-0.3, -0.25) is 9.69 Å². The molecule has 2 aromatic heterocycles. The van der Waals surface area contributed by atoms with E-state index in [0.717, 1.165) is 5.76 Å². The molecule has 0 spiro atoms. The maximum atomic E-state index is 12.3. The Morgan fingerprint density at radius 1 is 1.22 bits per heavy atom. The van der Waals surface area contributed by atoms with Gasteiger partial charge in [0, 0.05) is 23.0 Å². The first-order valence-electron chi connectivity index (χ1n) is 8.19. The van der Waals surface area contributed by atoms with Crippen LogP contribution in [0, 0.1) is 0 Å². The maximum absolute atomic E-state index is 12.3. The van der Waals surface area contributed by atoms with Crippen LogP contribution in [0.15, 0.2) is 45.5 Å². The minimum absolute atomic E-state index is 0.117. The van der Waals surface area contributed by atoms with E-state index in [-0.39, 0.29) is 18.4 Å². The predicted molar refractivity (Wildman–Crippen MR) is 101 cm³/mol. The highest BCUT2D eigenvalue weighted by molar-refractivity contribution is 6.36. The van der Waals surface area contributed by atoms with Gasteiger partial charge in [-0.15, -0.1) is 0 Å². The van der Waals surface area contributed by atoms with Gasteiger partial charge < -0.3 is 14.3 Å². The fourth-order valence-corrected chi connectivity index (χ4v) is 3.09. The maximum Gasteiger partial charge on any atom is 0.315 e. The van der Waals surface area contributed by atoms with Gasteiger partial charge in [-0.1, -0.05) is 34.4 Å². The molecule has 7 nitrogen and oxygen atoms in total. The molecule has 0 saturated carbocycles. The Morgan fingerprint density at radius 2 is 1.96 bits per heavy atom. The van der Waals surface area contributed by atoms with Crippen LogP contribution in [0.4, 0.5) is 0 Å². The molecule has 3 rings (SSSR count). The summed E-state index contributed by atoms with van der Waals surface area (Å²) in [4.78, 5) is 18.4. The number of nitrogens with one attached hydrogen (secondary N) is 1. The highest BCUT2D eigenvalue weighted by Gasteiger charge is 2.21. The number of benzene rings is 1. The average molecular weight is 409 g/mol. The zero-order valence-corrected chi connectivity index (χ0v) is 16.3. The van der Waals surface area contributed by atoms with E-state index >= 15 is 0 Å². The summed E-state index contributed by atoms with van der Waals surface area (Å²) in [6.07, 6.45) is 1.86. The molecule has 1 aromatic carbocycles. The number of hydrogen-bond donors (Lipinski definition) is 1. The van der Waals surface area contributed by atoms with Crippen molar-refractivity contribution in [1.82, 2.24) is 20.4 Å². The van der Waals surface area contributed by atoms with Gasteiger partial charge in [-0.05, 0) is 43.9 Å². The number of carbonyl (C=O) groups excluding carboxylic acids is 1. The van der Waals surface area contributed by atoms with E-state index in [1.54, 1.807) is 30.5 Å². The van der Waals surface area contributed by atoms with Crippen LogP contribution in [-0.2, 0) is 6.42 Å². The van der Waals surface area contributed by atoms with Crippen LogP contribution in [-0.4, -0.2) is 41.6 Å². The normalized spacial score (nSPS) is 12.3. The third kappa shape index (κ3) is 4.68. The molecular formula is C18H18Cl2N4O3. The van der Waals surface area contributed by atoms with Crippen LogP contribution < -0.4 is 5.32 Å². The minimum atomic E-state index is -0.461. The zero-order valence-electron chi connectivity index (χ0n) is 14.8. The van der Waals surface area contributed by atoms with Crippen molar-refractivity contribution in [2.75, 3.05) is 20.6 Å². The highest BCUT2D eigenvalue weighted by Crippen LogP contribution is 2.26. The molecule has 0 aliphatic heterocycles. The number of likely N-dealkylation sites (N-methyl/N-ethyl adjacent to an activating group) is 1. The molecule has 2 heterocycles. The van der Waals surface area contributed by atoms with E-state index in [0.29, 0.717) is 28.0 Å². The Hall–Kier alpha value is -2.35. The number of halogens is 2. The zero-order chi connectivity index (χ0) is 19.4. The Balaban J connectivity index is 1.65. The van der Waals surface area contributed by atoms with Crippen molar-refractivity contribution in [1.29, 1.82) is 0 Å². The summed E-state index contributed by atoms with van der Waals surface area (Å²) < 4.78 is 10.5. The molecule has 0 unspecified atom stereocenters. The van der Waals surface area contributed by atoms with Crippen LogP contribution in [0.25, 0.3) is 0 Å². The van der Waals surface area contributed by atoms with Crippen LogP contribution in [0.2, 0.25) is 10.0 Å². The van der Waals surface area contributed by atoms with Crippen molar-refractivity contribution in [2.24, 2.45) is 0 Å². The molecule has 0 aliphatic carbocycles. The van der Waals surface area contributed by atoms with Gasteiger partial charge in [0.1, 0.15) is 5.76 Å². The second kappa shape index (κ2) is 8.56. The summed E-state index contributed by atoms with van der Waals surface area (Å²) >= 11 is 12.3. The molecule has 142 valence electrons. The molecule has 0 radical (unpaired) electrons. The smallest absolute Gasteiger partial charge is 0.315 e. The molecule has 9 heteroatoms. The summed E-state index contributed by atoms with van der Waals surface area (Å²) in [6.45, 7) is 0.327. The van der Waals surface area contributed by atoms with Crippen LogP contribution >= 0.6 is 23.2 Å². The quantitative estimate of drug-likeness (QED) is 0.642. The van der Waals surface area contributed by atoms with Gasteiger partial charge in [0.2, 0.25) is 0 Å². The van der Waals surface area contributed by atoms with Gasteiger partial charge in [0.05, 0.1) is 12.3 Å². The first kappa shape index (κ1) is 19.4. The number of aromatic nitrogens is 2. The van der Waals surface area contributed by atoms with Gasteiger partial charge in [0.15, 0.2) is 5.82 Å². The van der Waals surface area contributed by atoms with E-state index in [1.807, 2.05) is 25.1 Å². The first-order chi connectivity index (χ1) is 13.0. The summed E-state index contributed by atoms with van der Waals surface area (Å²) in [5.74, 6) is 0.493. The van der Waals surface area contributed by atoms with E-state index in [9.17, 15) is 4.79 Å². The monoisotopic (exact) mass is 408 g/mol. The van der Waals surface area contributed by atoms with Crippen LogP contribution in [0.1, 0.15) is 33.9 Å². The number of amides is 1. The fourth-order valence-electron chi connectivity index (χ4n) is 2.56. The Labute approximate surface area is 166 Å². The van der Waals surface area contributed by atoms with Gasteiger partial charge in [-0.25, -0.2) is 0 Å². The number of nitrogens with zero attached hydrogens (tertiary/aromatic N) is 3. The minimum Gasteiger partial charge on any atom is -0.468 e. The van der Waals surface area contributed by atoms with Crippen LogP contribution in [0.3, 0.4) is 0 Å². The summed E-state index contributed by atoms with van der Waals surface area (Å²) in [6, 6.07) is 8.75. The second-order valence-electron chi connectivity index (χ2n) is 6.10. The largest absolute Gasteiger partial charge is 0.468 e. The topological polar surface area (TPSA) is 84.4 Å². The van der Waals surface area contributed by atoms with Gasteiger partial charge in [0.25, 0.3) is 0 Å². The number of carbonyl (C=O) groups is 1. The van der Waals surface area contributed by atoms with E-state index in [2.05, 4.69) is 15.5 Å². The van der Waals surface area contributed by atoms with E-state index in [4.69, 9.17) is 32.1 Å². The molecule has 3 aromatic rings. The van der Waals surface area contributed by atoms with Gasteiger partial charge >= 0.3 is 11.8 Å². The molecule has 0 bridgehead atoms. The third-order valence-electron chi connectivity index (χ3n) is 4.01. The van der Waals surface area contributed by atoms with E-state index < -0.39 is 5.91 Å². The van der Waals surface area contributed by atoms with Gasteiger partial charge in [-0.2, -0.15) is 4.98 Å². The Bertz CT molecular complexity index is 889. The van der Waals surface area contributed by atoms with E-state index in [1.165, 1.54) is 0 Å². The number of rotatable bonds is 7. The summed E-state index contributed by atoms with van der Waals surface area (Å²) in [7, 11) is 3.80. The SMILES string of the molecule is CN(C)[C@H](CNC(=O)c1nc(Cc2c(Cl)cccc2Cl)no1)c1ccco1. The molecule has 1 amide bonds. The standard InChI is InChI=1S/C18H18Cl2N4O3/c1-24(2)14(15-7-4-8-26-15)10-21-17(25)18-22-16(23-27-18)9-11-12(19)5-3-6-13(11)20/h3-8,14H,9-10H2,1-2H3,(H,21,25)/t14-/m1/s1. The molecule has 1 atom stereocenters. The third-order valence-corrected chi connectivity index (χ3v) is 4.72. The Morgan fingerprint density at radius 3 is 2.59 bits per heavy atom. The Kier molecular flexibility index (Phi) is 6.15. The second-order valence-corrected chi connectivity index (χ2v) is 6.91. The van der Waals surface area contributed by atoms with Crippen molar-refractivity contribution in [3.05, 3.63) is 69.7 Å². The average Bonchev–Trinajstić information content (AvgIpc) is 3.30. The van der Waals surface area contributed by atoms with Crippen LogP contribution in [0.5, 0.6) is 0 Å². The lowest BCUT2D eigenvalue weighted by atomic mass is 10.1. The lowest BCUT2D eigenvalue weighted by Gasteiger charge is -2.22. The fraction of sp³-hybridized carbons (Fsp3) is 0.278.